The van der Waals surface area contributed by atoms with Gasteiger partial charge in [-0.2, -0.15) is 0 Å². The molecule has 0 amide bonds. The molecular formula is C43H37N5O. The minimum atomic E-state index is -0.192. The molecule has 0 atom stereocenters. The number of nitrogens with zero attached hydrogens (tertiary/aromatic N) is 4. The van der Waals surface area contributed by atoms with Gasteiger partial charge in [0, 0.05) is 40.5 Å². The highest BCUT2D eigenvalue weighted by atomic mass is 16.3. The van der Waals surface area contributed by atoms with E-state index < -0.39 is 0 Å². The molecule has 0 unspecified atom stereocenters. The fraction of sp³-hybridized carbons (Fsp3) is 0.186. The molecule has 0 radical (unpaired) electrons. The number of fused-ring (bicyclic) bond motifs is 4. The van der Waals surface area contributed by atoms with Crippen LogP contribution in [-0.4, -0.2) is 36.5 Å². The van der Waals surface area contributed by atoms with Crippen LogP contribution in [0.3, 0.4) is 0 Å². The Hall–Kier alpha value is -6.11. The summed E-state index contributed by atoms with van der Waals surface area (Å²) in [5, 5.41) is 29.1. The molecular weight excluding hydrogens is 603 g/mol. The predicted molar refractivity (Wildman–Crippen MR) is 199 cm³/mol. The van der Waals surface area contributed by atoms with Gasteiger partial charge in [-0.15, -0.1) is 0 Å². The summed E-state index contributed by atoms with van der Waals surface area (Å²) >= 11 is 0. The van der Waals surface area contributed by atoms with Crippen molar-refractivity contribution in [1.29, 1.82) is 5.26 Å². The summed E-state index contributed by atoms with van der Waals surface area (Å²) in [4.78, 5) is 6.04. The highest BCUT2D eigenvalue weighted by molar-refractivity contribution is 6.26. The SMILES string of the molecule is [C-]#[N+]/C(C#N)=C1\C(=C2c3ccccc3C(=[N+](CC)CC)c3ccccc32)C([O-])=C1c1c2ccccc2c(N(CC)CC)c2cccc(N)c12. The van der Waals surface area contributed by atoms with E-state index in [2.05, 4.69) is 72.4 Å². The Morgan fingerprint density at radius 2 is 1.31 bits per heavy atom. The van der Waals surface area contributed by atoms with Crippen molar-refractivity contribution < 1.29 is 9.68 Å². The van der Waals surface area contributed by atoms with Gasteiger partial charge in [0.2, 0.25) is 5.71 Å². The normalized spacial score (nSPS) is 14.6. The molecule has 0 saturated carbocycles. The minimum absolute atomic E-state index is 0.106. The largest absolute Gasteiger partial charge is 0.872 e. The number of benzene rings is 5. The first-order valence-corrected chi connectivity index (χ1v) is 16.9. The van der Waals surface area contributed by atoms with Crippen molar-refractivity contribution in [2.75, 3.05) is 36.8 Å². The molecule has 5 aromatic carbocycles. The van der Waals surface area contributed by atoms with E-state index >= 15 is 5.11 Å². The van der Waals surface area contributed by atoms with E-state index in [9.17, 15) is 5.26 Å². The molecule has 5 aromatic rings. The zero-order valence-corrected chi connectivity index (χ0v) is 28.3. The Bertz CT molecular complexity index is 2350. The van der Waals surface area contributed by atoms with Crippen LogP contribution in [0, 0.1) is 17.9 Å². The van der Waals surface area contributed by atoms with Crippen LogP contribution in [0.15, 0.2) is 114 Å². The van der Waals surface area contributed by atoms with Crippen LogP contribution in [0.2, 0.25) is 0 Å². The summed E-state index contributed by atoms with van der Waals surface area (Å²) in [5.74, 6) is -0.192. The Morgan fingerprint density at radius 1 is 0.755 bits per heavy atom. The second kappa shape index (κ2) is 12.5. The van der Waals surface area contributed by atoms with Crippen molar-refractivity contribution in [3.8, 4) is 6.07 Å². The van der Waals surface area contributed by atoms with E-state index in [1.807, 2.05) is 66.7 Å². The first kappa shape index (κ1) is 31.5. The summed E-state index contributed by atoms with van der Waals surface area (Å²) in [6.07, 6.45) is 0. The number of allylic oxidation sites excluding steroid dienone is 3. The summed E-state index contributed by atoms with van der Waals surface area (Å²) in [6, 6.07) is 32.4. The third-order valence-electron chi connectivity index (χ3n) is 10.0. The lowest BCUT2D eigenvalue weighted by Crippen LogP contribution is -2.30. The van der Waals surface area contributed by atoms with Crippen molar-refractivity contribution in [2.45, 2.75) is 27.7 Å². The number of nitrogen functional groups attached to an aromatic ring is 1. The Morgan fingerprint density at radius 3 is 1.86 bits per heavy atom. The van der Waals surface area contributed by atoms with E-state index in [-0.39, 0.29) is 11.5 Å². The fourth-order valence-corrected chi connectivity index (χ4v) is 7.89. The van der Waals surface area contributed by atoms with E-state index in [4.69, 9.17) is 12.3 Å². The molecule has 0 heterocycles. The number of anilines is 2. The van der Waals surface area contributed by atoms with Crippen LogP contribution in [-0.2, 0) is 0 Å². The Labute approximate surface area is 287 Å². The van der Waals surface area contributed by atoms with Crippen LogP contribution in [0.4, 0.5) is 11.4 Å². The zero-order chi connectivity index (χ0) is 34.4. The topological polar surface area (TPSA) is 83.5 Å². The standard InChI is InChI=1S/C43H37N5O/c1-6-47(7-2)41-29-20-13-10-17-26(29)35(27-18-11-14-21-30(27)41)39-38(34(25-44)46-5)40(43(39)49)37-28-19-12-15-22-31(28)42(48(8-3)9-4)32-23-16-24-33(45)36(32)37/h10-24H,6-9,45H2,1-4H3/b38-34+. The van der Waals surface area contributed by atoms with Gasteiger partial charge in [-0.1, -0.05) is 78.6 Å². The lowest BCUT2D eigenvalue weighted by Gasteiger charge is -2.41. The van der Waals surface area contributed by atoms with Crippen molar-refractivity contribution in [3.63, 3.8) is 0 Å². The molecule has 2 aliphatic rings. The van der Waals surface area contributed by atoms with Gasteiger partial charge in [0.25, 0.3) is 5.70 Å². The van der Waals surface area contributed by atoms with Crippen LogP contribution in [0.5, 0.6) is 0 Å². The zero-order valence-electron chi connectivity index (χ0n) is 28.3. The monoisotopic (exact) mass is 639 g/mol. The molecule has 2 aliphatic carbocycles. The van der Waals surface area contributed by atoms with Crippen molar-refractivity contribution in [1.82, 2.24) is 0 Å². The highest BCUT2D eigenvalue weighted by Gasteiger charge is 2.38. The Kier molecular flexibility index (Phi) is 8.02. The van der Waals surface area contributed by atoms with Crippen molar-refractivity contribution in [3.05, 3.63) is 153 Å². The van der Waals surface area contributed by atoms with Crippen molar-refractivity contribution in [2.24, 2.45) is 0 Å². The summed E-state index contributed by atoms with van der Waals surface area (Å²) in [6.45, 7) is 19.9. The molecule has 240 valence electrons. The number of nitriles is 1. The third kappa shape index (κ3) is 4.56. The van der Waals surface area contributed by atoms with Gasteiger partial charge in [-0.25, -0.2) is 14.7 Å². The molecule has 49 heavy (non-hydrogen) atoms. The summed E-state index contributed by atoms with van der Waals surface area (Å²) in [7, 11) is 0. The molecule has 0 aromatic heterocycles. The molecule has 7 rings (SSSR count). The number of hydrogen-bond donors (Lipinski definition) is 1. The van der Waals surface area contributed by atoms with E-state index in [1.54, 1.807) is 0 Å². The van der Waals surface area contributed by atoms with Crippen LogP contribution in [0.1, 0.15) is 55.5 Å². The molecule has 0 spiro atoms. The molecule has 0 bridgehead atoms. The quantitative estimate of drug-likeness (QED) is 0.0660. The number of rotatable bonds is 6. The maximum Gasteiger partial charge on any atom is 0.270 e. The van der Waals surface area contributed by atoms with Crippen LogP contribution >= 0.6 is 0 Å². The van der Waals surface area contributed by atoms with Crippen LogP contribution < -0.4 is 15.7 Å². The van der Waals surface area contributed by atoms with Gasteiger partial charge in [0.15, 0.2) is 0 Å². The third-order valence-corrected chi connectivity index (χ3v) is 10.0. The van der Waals surface area contributed by atoms with Gasteiger partial charge in [-0.05, 0) is 84.7 Å². The van der Waals surface area contributed by atoms with Gasteiger partial charge >= 0.3 is 0 Å². The molecule has 0 saturated heterocycles. The van der Waals surface area contributed by atoms with Crippen molar-refractivity contribution >= 4 is 49.8 Å². The Balaban J connectivity index is 1.68. The summed E-state index contributed by atoms with van der Waals surface area (Å²) in [5.41, 5.74) is 15.9. The van der Waals surface area contributed by atoms with E-state index in [0.717, 1.165) is 86.9 Å². The van der Waals surface area contributed by atoms with Gasteiger partial charge in [0.05, 0.1) is 29.5 Å². The predicted octanol–water partition coefficient (Wildman–Crippen LogP) is 7.91. The molecule has 2 N–H and O–H groups in total. The number of hydrogen-bond acceptors (Lipinski definition) is 4. The van der Waals surface area contributed by atoms with E-state index in [0.29, 0.717) is 28.0 Å². The lowest BCUT2D eigenvalue weighted by atomic mass is 9.69. The second-order valence-electron chi connectivity index (χ2n) is 12.2. The maximum atomic E-state index is 15.1. The average molecular weight is 640 g/mol. The van der Waals surface area contributed by atoms with Gasteiger partial charge in [0.1, 0.15) is 13.1 Å². The second-order valence-corrected chi connectivity index (χ2v) is 12.2. The molecule has 6 heteroatoms. The molecule has 0 fully saturated rings. The number of nitrogens with two attached hydrogens (primary N) is 1. The van der Waals surface area contributed by atoms with Gasteiger partial charge in [-0.3, -0.25) is 0 Å². The molecule has 6 nitrogen and oxygen atoms in total. The maximum absolute atomic E-state index is 15.1. The summed E-state index contributed by atoms with van der Waals surface area (Å²) < 4.78 is 2.34. The first-order chi connectivity index (χ1) is 23.9. The smallest absolute Gasteiger partial charge is 0.270 e. The van der Waals surface area contributed by atoms with E-state index in [1.165, 1.54) is 0 Å². The highest BCUT2D eigenvalue weighted by Crippen LogP contribution is 2.56. The first-order valence-electron chi connectivity index (χ1n) is 16.9. The molecule has 0 aliphatic heterocycles. The van der Waals surface area contributed by atoms with Crippen LogP contribution in [0.25, 0.3) is 37.5 Å². The lowest BCUT2D eigenvalue weighted by molar-refractivity contribution is -0.519. The fourth-order valence-electron chi connectivity index (χ4n) is 7.89. The minimum Gasteiger partial charge on any atom is -0.872 e. The average Bonchev–Trinajstić information content (AvgIpc) is 3.14. The van der Waals surface area contributed by atoms with Gasteiger partial charge < -0.3 is 15.7 Å².